The molecule has 0 spiro atoms. The highest BCUT2D eigenvalue weighted by atomic mass is 19.1. The van der Waals surface area contributed by atoms with Crippen LogP contribution in [0.3, 0.4) is 0 Å². The Hall–Kier alpha value is -2.04. The molecule has 0 bridgehead atoms. The molecular weight excluding hydrogens is 390 g/mol. The molecule has 0 saturated heterocycles. The van der Waals surface area contributed by atoms with Crippen molar-refractivity contribution in [2.24, 2.45) is 11.1 Å². The van der Waals surface area contributed by atoms with Gasteiger partial charge in [-0.2, -0.15) is 0 Å². The Bertz CT molecular complexity index is 894. The first kappa shape index (κ1) is 23.6. The van der Waals surface area contributed by atoms with Gasteiger partial charge in [0, 0.05) is 18.2 Å². The van der Waals surface area contributed by atoms with Gasteiger partial charge in [0.05, 0.1) is 0 Å². The molecule has 4 heteroatoms. The Kier molecular flexibility index (Phi) is 7.66. The van der Waals surface area contributed by atoms with Gasteiger partial charge in [-0.15, -0.1) is 0 Å². The summed E-state index contributed by atoms with van der Waals surface area (Å²) in [6, 6.07) is 8.45. The number of fused-ring (bicyclic) bond motifs is 1. The van der Waals surface area contributed by atoms with E-state index in [1.54, 1.807) is 0 Å². The molecule has 2 atom stereocenters. The van der Waals surface area contributed by atoms with Gasteiger partial charge in [0.15, 0.2) is 0 Å². The van der Waals surface area contributed by atoms with E-state index < -0.39 is 11.6 Å². The van der Waals surface area contributed by atoms with Crippen LogP contribution >= 0.6 is 0 Å². The topological polar surface area (TPSA) is 38.0 Å². The predicted octanol–water partition coefficient (Wildman–Crippen LogP) is 6.12. The molecule has 0 aromatic heterocycles. The van der Waals surface area contributed by atoms with Crippen molar-refractivity contribution >= 4 is 6.08 Å². The second-order valence-electron chi connectivity index (χ2n) is 10.1. The van der Waals surface area contributed by atoms with Crippen molar-refractivity contribution in [1.29, 1.82) is 0 Å². The maximum Gasteiger partial charge on any atom is 0.126 e. The standard InChI is InChI=1S/C27H36F2N2/c1-5-20-11-19(17-27(2,3)4)15-25-24(20)7-6-8-26(25)31-10-9-23(30)14-18-12-21(28)16-22(29)13-18/h5,11-13,15-16,23,26,31H,1,6-10,14,17,30H2,2-4H3. The molecule has 2 unspecified atom stereocenters. The maximum absolute atomic E-state index is 13.4. The summed E-state index contributed by atoms with van der Waals surface area (Å²) >= 11 is 0. The van der Waals surface area contributed by atoms with Crippen LogP contribution in [-0.4, -0.2) is 12.6 Å². The monoisotopic (exact) mass is 426 g/mol. The molecule has 0 amide bonds. The van der Waals surface area contributed by atoms with Gasteiger partial charge in [-0.25, -0.2) is 8.78 Å². The van der Waals surface area contributed by atoms with Crippen LogP contribution in [-0.2, 0) is 19.3 Å². The highest BCUT2D eigenvalue weighted by Gasteiger charge is 2.23. The minimum atomic E-state index is -0.553. The Morgan fingerprint density at radius 2 is 1.84 bits per heavy atom. The zero-order valence-electron chi connectivity index (χ0n) is 19.1. The molecule has 0 fully saturated rings. The van der Waals surface area contributed by atoms with Gasteiger partial charge < -0.3 is 11.1 Å². The molecule has 0 saturated carbocycles. The highest BCUT2D eigenvalue weighted by molar-refractivity contribution is 5.57. The fraction of sp³-hybridized carbons (Fsp3) is 0.481. The van der Waals surface area contributed by atoms with Crippen molar-refractivity contribution in [3.8, 4) is 0 Å². The van der Waals surface area contributed by atoms with Crippen molar-refractivity contribution < 1.29 is 8.78 Å². The van der Waals surface area contributed by atoms with Gasteiger partial charge in [0.1, 0.15) is 11.6 Å². The van der Waals surface area contributed by atoms with Crippen molar-refractivity contribution in [3.05, 3.63) is 76.4 Å². The lowest BCUT2D eigenvalue weighted by Crippen LogP contribution is -2.32. The molecule has 31 heavy (non-hydrogen) atoms. The molecule has 0 aliphatic heterocycles. The van der Waals surface area contributed by atoms with E-state index in [0.717, 1.165) is 44.7 Å². The molecule has 3 rings (SSSR count). The van der Waals surface area contributed by atoms with Crippen molar-refractivity contribution in [1.82, 2.24) is 5.32 Å². The molecule has 1 aliphatic carbocycles. The Morgan fingerprint density at radius 3 is 2.48 bits per heavy atom. The van der Waals surface area contributed by atoms with Gasteiger partial charge in [0.2, 0.25) is 0 Å². The SMILES string of the molecule is C=Cc1cc(CC(C)(C)C)cc2c1CCCC2NCCC(N)Cc1cc(F)cc(F)c1. The first-order valence-electron chi connectivity index (χ1n) is 11.4. The predicted molar refractivity (Wildman–Crippen MR) is 126 cm³/mol. The lowest BCUT2D eigenvalue weighted by atomic mass is 9.80. The number of nitrogens with one attached hydrogen (secondary N) is 1. The van der Waals surface area contributed by atoms with Crippen LogP contribution < -0.4 is 11.1 Å². The quantitative estimate of drug-likeness (QED) is 0.533. The third kappa shape index (κ3) is 6.72. The van der Waals surface area contributed by atoms with Crippen molar-refractivity contribution in [3.63, 3.8) is 0 Å². The van der Waals surface area contributed by atoms with Crippen LogP contribution in [0.15, 0.2) is 36.9 Å². The molecule has 168 valence electrons. The van der Waals surface area contributed by atoms with Crippen LogP contribution in [0.2, 0.25) is 0 Å². The third-order valence-electron chi connectivity index (χ3n) is 5.95. The lowest BCUT2D eigenvalue weighted by Gasteiger charge is -2.30. The molecular formula is C27H36F2N2. The maximum atomic E-state index is 13.4. The summed E-state index contributed by atoms with van der Waals surface area (Å²) < 4.78 is 26.8. The summed E-state index contributed by atoms with van der Waals surface area (Å²) in [5.74, 6) is -1.11. The summed E-state index contributed by atoms with van der Waals surface area (Å²) in [7, 11) is 0. The molecule has 2 aromatic rings. The van der Waals surface area contributed by atoms with E-state index in [-0.39, 0.29) is 11.5 Å². The van der Waals surface area contributed by atoms with Crippen LogP contribution in [0.25, 0.3) is 6.08 Å². The smallest absolute Gasteiger partial charge is 0.126 e. The van der Waals surface area contributed by atoms with E-state index >= 15 is 0 Å². The molecule has 0 heterocycles. The van der Waals surface area contributed by atoms with Crippen LogP contribution in [0.1, 0.15) is 73.9 Å². The second-order valence-corrected chi connectivity index (χ2v) is 10.1. The second kappa shape index (κ2) is 10.1. The zero-order chi connectivity index (χ0) is 22.6. The number of rotatable bonds is 8. The molecule has 0 radical (unpaired) electrons. The minimum absolute atomic E-state index is 0.146. The van der Waals surface area contributed by atoms with Crippen molar-refractivity contribution in [2.45, 2.75) is 71.4 Å². The molecule has 3 N–H and O–H groups in total. The van der Waals surface area contributed by atoms with Gasteiger partial charge >= 0.3 is 0 Å². The van der Waals surface area contributed by atoms with Crippen LogP contribution in [0.4, 0.5) is 8.78 Å². The Balaban J connectivity index is 1.65. The summed E-state index contributed by atoms with van der Waals surface area (Å²) in [5.41, 5.74) is 12.5. The van der Waals surface area contributed by atoms with Gasteiger partial charge in [-0.05, 0) is 90.4 Å². The average Bonchev–Trinajstić information content (AvgIpc) is 2.65. The number of benzene rings is 2. The van der Waals surface area contributed by atoms with E-state index in [9.17, 15) is 8.78 Å². The van der Waals surface area contributed by atoms with E-state index in [2.05, 4.69) is 44.8 Å². The summed E-state index contributed by atoms with van der Waals surface area (Å²) in [6.45, 7) is 11.6. The number of hydrogen-bond acceptors (Lipinski definition) is 2. The third-order valence-corrected chi connectivity index (χ3v) is 5.95. The molecule has 2 aromatic carbocycles. The number of hydrogen-bond donors (Lipinski definition) is 2. The van der Waals surface area contributed by atoms with Gasteiger partial charge in [-0.3, -0.25) is 0 Å². The average molecular weight is 427 g/mol. The Morgan fingerprint density at radius 1 is 1.13 bits per heavy atom. The number of halogens is 2. The highest BCUT2D eigenvalue weighted by Crippen LogP contribution is 2.35. The van der Waals surface area contributed by atoms with E-state index in [1.165, 1.54) is 34.4 Å². The first-order chi connectivity index (χ1) is 14.6. The fourth-order valence-electron chi connectivity index (χ4n) is 4.71. The minimum Gasteiger partial charge on any atom is -0.327 e. The van der Waals surface area contributed by atoms with Crippen LogP contribution in [0.5, 0.6) is 0 Å². The van der Waals surface area contributed by atoms with E-state index in [1.807, 2.05) is 6.08 Å². The zero-order valence-corrected chi connectivity index (χ0v) is 19.1. The Labute approximate surface area is 185 Å². The fourth-order valence-corrected chi connectivity index (χ4v) is 4.71. The van der Waals surface area contributed by atoms with Gasteiger partial charge in [0.25, 0.3) is 0 Å². The molecule has 2 nitrogen and oxygen atoms in total. The number of nitrogens with two attached hydrogens (primary N) is 1. The summed E-state index contributed by atoms with van der Waals surface area (Å²) in [5, 5.41) is 3.70. The normalized spacial score (nSPS) is 17.3. The summed E-state index contributed by atoms with van der Waals surface area (Å²) in [6.07, 6.45) is 7.58. The van der Waals surface area contributed by atoms with Crippen LogP contribution in [0, 0.1) is 17.0 Å². The van der Waals surface area contributed by atoms with E-state index in [4.69, 9.17) is 5.73 Å². The first-order valence-corrected chi connectivity index (χ1v) is 11.4. The van der Waals surface area contributed by atoms with Crippen molar-refractivity contribution in [2.75, 3.05) is 6.54 Å². The molecule has 1 aliphatic rings. The summed E-state index contributed by atoms with van der Waals surface area (Å²) in [4.78, 5) is 0. The largest absolute Gasteiger partial charge is 0.327 e. The van der Waals surface area contributed by atoms with Gasteiger partial charge in [-0.1, -0.05) is 45.6 Å². The van der Waals surface area contributed by atoms with E-state index in [0.29, 0.717) is 18.0 Å². The lowest BCUT2D eigenvalue weighted by molar-refractivity contribution is 0.409.